The van der Waals surface area contributed by atoms with Crippen molar-refractivity contribution in [1.82, 2.24) is 0 Å². The fourth-order valence-corrected chi connectivity index (χ4v) is 0.194. The second-order valence-electron chi connectivity index (χ2n) is 0.817. The van der Waals surface area contributed by atoms with Crippen LogP contribution in [0.25, 0.3) is 0 Å². The average molecular weight is 130 g/mol. The first-order valence-corrected chi connectivity index (χ1v) is 2.02. The summed E-state index contributed by atoms with van der Waals surface area (Å²) in [4.78, 5) is 9.88. The minimum absolute atomic E-state index is 0. The molecule has 0 aromatic carbocycles. The standard InChI is InChI=1S/C3H6O2S.Na.H/c1-2-3(4)5-6;;/h6H,2H2,1H3;;. The number of carbonyl (C=O) groups excluding carboxylic acids is 1. The molecule has 0 aliphatic rings. The monoisotopic (exact) mass is 130 g/mol. The van der Waals surface area contributed by atoms with E-state index in [0.717, 1.165) is 0 Å². The Balaban J connectivity index is 0. The molecular formula is C3H7NaO2S. The molecule has 0 heterocycles. The van der Waals surface area contributed by atoms with Crippen LogP contribution in [-0.2, 0) is 8.98 Å². The van der Waals surface area contributed by atoms with Gasteiger partial charge in [0.25, 0.3) is 0 Å². The van der Waals surface area contributed by atoms with E-state index < -0.39 is 0 Å². The molecule has 0 aromatic rings. The number of thiol groups is 1. The molecule has 4 heteroatoms. The summed E-state index contributed by atoms with van der Waals surface area (Å²) in [5.74, 6) is -0.293. The molecule has 0 bridgehead atoms. The Hall–Kier alpha value is 0.820. The second kappa shape index (κ2) is 6.82. The maximum absolute atomic E-state index is 9.88. The second-order valence-corrected chi connectivity index (χ2v) is 0.999. The maximum atomic E-state index is 9.88. The molecule has 0 fully saturated rings. The van der Waals surface area contributed by atoms with Crippen molar-refractivity contribution >= 4 is 48.4 Å². The normalized spacial score (nSPS) is 6.57. The van der Waals surface area contributed by atoms with Crippen molar-refractivity contribution in [3.63, 3.8) is 0 Å². The molecule has 0 spiro atoms. The molecule has 0 aromatic heterocycles. The Morgan fingerprint density at radius 3 is 2.29 bits per heavy atom. The van der Waals surface area contributed by atoms with Gasteiger partial charge in [0.15, 0.2) is 0 Å². The molecule has 0 N–H and O–H groups in total. The van der Waals surface area contributed by atoms with Crippen LogP contribution in [0.1, 0.15) is 13.3 Å². The number of rotatable bonds is 1. The topological polar surface area (TPSA) is 26.3 Å². The third kappa shape index (κ3) is 6.82. The zero-order valence-corrected chi connectivity index (χ0v) is 4.37. The molecule has 0 amide bonds. The van der Waals surface area contributed by atoms with E-state index in [4.69, 9.17) is 0 Å². The van der Waals surface area contributed by atoms with Gasteiger partial charge in [-0.05, 0) is 0 Å². The van der Waals surface area contributed by atoms with E-state index in [1.54, 1.807) is 6.92 Å². The molecule has 0 radical (unpaired) electrons. The van der Waals surface area contributed by atoms with Gasteiger partial charge in [0.2, 0.25) is 0 Å². The van der Waals surface area contributed by atoms with Gasteiger partial charge in [-0.1, -0.05) is 6.92 Å². The van der Waals surface area contributed by atoms with E-state index in [9.17, 15) is 4.79 Å². The number of hydrogen-bond donors (Lipinski definition) is 1. The van der Waals surface area contributed by atoms with E-state index in [2.05, 4.69) is 17.1 Å². The first kappa shape index (κ1) is 10.7. The van der Waals surface area contributed by atoms with Crippen LogP contribution in [0.2, 0.25) is 0 Å². The van der Waals surface area contributed by atoms with Crippen molar-refractivity contribution in [2.45, 2.75) is 13.3 Å². The van der Waals surface area contributed by atoms with Crippen LogP contribution < -0.4 is 0 Å². The SMILES string of the molecule is CCC(=O)OS.[NaH]. The number of hydrogen-bond acceptors (Lipinski definition) is 3. The summed E-state index contributed by atoms with van der Waals surface area (Å²) in [5.41, 5.74) is 0. The summed E-state index contributed by atoms with van der Waals surface area (Å²) in [5, 5.41) is 0. The van der Waals surface area contributed by atoms with Gasteiger partial charge < -0.3 is 4.18 Å². The van der Waals surface area contributed by atoms with Gasteiger partial charge in [-0.15, -0.1) is 0 Å². The molecule has 0 aliphatic carbocycles. The molecule has 0 aliphatic heterocycles. The van der Waals surface area contributed by atoms with E-state index in [0.29, 0.717) is 6.42 Å². The Kier molecular flexibility index (Phi) is 10.5. The van der Waals surface area contributed by atoms with Crippen molar-refractivity contribution in [2.24, 2.45) is 0 Å². The van der Waals surface area contributed by atoms with Gasteiger partial charge in [0.1, 0.15) is 0 Å². The molecule has 0 saturated heterocycles. The van der Waals surface area contributed by atoms with E-state index in [1.165, 1.54) is 0 Å². The molecule has 7 heavy (non-hydrogen) atoms. The summed E-state index contributed by atoms with van der Waals surface area (Å²) in [6.07, 6.45) is 0.392. The predicted octanol–water partition coefficient (Wildman–Crippen LogP) is 0.136. The zero-order valence-electron chi connectivity index (χ0n) is 3.47. The van der Waals surface area contributed by atoms with Crippen LogP contribution in [0.3, 0.4) is 0 Å². The van der Waals surface area contributed by atoms with Gasteiger partial charge in [-0.25, -0.2) is 0 Å². The van der Waals surface area contributed by atoms with Gasteiger partial charge in [0, 0.05) is 19.3 Å². The van der Waals surface area contributed by atoms with Crippen LogP contribution in [0.15, 0.2) is 0 Å². The van der Waals surface area contributed by atoms with E-state index in [-0.39, 0.29) is 35.5 Å². The van der Waals surface area contributed by atoms with Crippen LogP contribution >= 0.6 is 12.9 Å². The third-order valence-corrected chi connectivity index (χ3v) is 0.594. The minimum atomic E-state index is -0.293. The summed E-state index contributed by atoms with van der Waals surface area (Å²) in [7, 11) is 0. The zero-order chi connectivity index (χ0) is 4.99. The van der Waals surface area contributed by atoms with Crippen LogP contribution in [0.5, 0.6) is 0 Å². The third-order valence-electron chi connectivity index (χ3n) is 0.390. The molecule has 2 nitrogen and oxygen atoms in total. The Bertz CT molecular complexity index is 50.9. The van der Waals surface area contributed by atoms with Crippen LogP contribution in [-0.4, -0.2) is 35.5 Å². The van der Waals surface area contributed by atoms with Crippen LogP contribution in [0, 0.1) is 0 Å². The summed E-state index contributed by atoms with van der Waals surface area (Å²) < 4.78 is 3.95. The molecule has 0 rings (SSSR count). The molecule has 0 saturated carbocycles. The fourth-order valence-electron chi connectivity index (χ4n) is 0.0645. The molecular weight excluding hydrogens is 123 g/mol. The average Bonchev–Trinajstić information content (AvgIpc) is 1.65. The molecule has 0 unspecified atom stereocenters. The van der Waals surface area contributed by atoms with Crippen LogP contribution in [0.4, 0.5) is 0 Å². The molecule has 0 atom stereocenters. The summed E-state index contributed by atoms with van der Waals surface area (Å²) >= 11 is 3.25. The van der Waals surface area contributed by atoms with Gasteiger partial charge in [-0.2, -0.15) is 0 Å². The van der Waals surface area contributed by atoms with Crippen molar-refractivity contribution in [3.8, 4) is 0 Å². The summed E-state index contributed by atoms with van der Waals surface area (Å²) in [6.45, 7) is 1.71. The Morgan fingerprint density at radius 2 is 2.29 bits per heavy atom. The van der Waals surface area contributed by atoms with Crippen molar-refractivity contribution in [3.05, 3.63) is 0 Å². The van der Waals surface area contributed by atoms with E-state index in [1.807, 2.05) is 0 Å². The first-order valence-electron chi connectivity index (χ1n) is 1.65. The Morgan fingerprint density at radius 1 is 1.86 bits per heavy atom. The van der Waals surface area contributed by atoms with Gasteiger partial charge in [-0.3, -0.25) is 4.79 Å². The fraction of sp³-hybridized carbons (Fsp3) is 0.667. The van der Waals surface area contributed by atoms with Gasteiger partial charge >= 0.3 is 35.5 Å². The van der Waals surface area contributed by atoms with Crippen molar-refractivity contribution in [2.75, 3.05) is 0 Å². The quantitative estimate of drug-likeness (QED) is 0.310. The predicted molar refractivity (Wildman–Crippen MR) is 32.5 cm³/mol. The Labute approximate surface area is 70.5 Å². The molecule has 38 valence electrons. The van der Waals surface area contributed by atoms with Crippen molar-refractivity contribution in [1.29, 1.82) is 0 Å². The number of carbonyl (C=O) groups is 1. The van der Waals surface area contributed by atoms with Crippen molar-refractivity contribution < 1.29 is 8.98 Å². The summed E-state index contributed by atoms with van der Waals surface area (Å²) in [6, 6.07) is 0. The van der Waals surface area contributed by atoms with E-state index >= 15 is 0 Å². The van der Waals surface area contributed by atoms with Gasteiger partial charge in [0.05, 0.1) is 0 Å². The first-order chi connectivity index (χ1) is 2.81.